The highest BCUT2D eigenvalue weighted by Gasteiger charge is 2.16. The third-order valence-corrected chi connectivity index (χ3v) is 5.00. The molecule has 2 nitrogen and oxygen atoms in total. The molecule has 1 aliphatic heterocycles. The molecule has 0 radical (unpaired) electrons. The second-order valence-corrected chi connectivity index (χ2v) is 6.37. The minimum absolute atomic E-state index is 0.785. The summed E-state index contributed by atoms with van der Waals surface area (Å²) in [4.78, 5) is 2.44. The van der Waals surface area contributed by atoms with Crippen molar-refractivity contribution >= 4 is 21.6 Å². The van der Waals surface area contributed by atoms with E-state index in [0.717, 1.165) is 12.5 Å². The van der Waals surface area contributed by atoms with Crippen molar-refractivity contribution in [3.63, 3.8) is 0 Å². The van der Waals surface area contributed by atoms with Gasteiger partial charge in [-0.05, 0) is 69.5 Å². The molecule has 1 N–H and O–H groups in total. The van der Waals surface area contributed by atoms with E-state index >= 15 is 0 Å². The average molecular weight is 311 g/mol. The summed E-state index contributed by atoms with van der Waals surface area (Å²) in [6, 6.07) is 4.45. The van der Waals surface area contributed by atoms with Gasteiger partial charge in [-0.3, -0.25) is 0 Å². The molecule has 1 saturated heterocycles. The number of benzene rings is 1. The first-order valence-electron chi connectivity index (χ1n) is 6.75. The summed E-state index contributed by atoms with van der Waals surface area (Å²) < 4.78 is 1.23. The molecule has 100 valence electrons. The van der Waals surface area contributed by atoms with Crippen LogP contribution in [0.2, 0.25) is 0 Å². The molecule has 0 aromatic heterocycles. The van der Waals surface area contributed by atoms with Crippen molar-refractivity contribution < 1.29 is 0 Å². The van der Waals surface area contributed by atoms with Gasteiger partial charge in [-0.15, -0.1) is 0 Å². The molecule has 1 aromatic carbocycles. The van der Waals surface area contributed by atoms with Crippen LogP contribution in [0.5, 0.6) is 0 Å². The van der Waals surface area contributed by atoms with E-state index in [1.807, 2.05) is 0 Å². The van der Waals surface area contributed by atoms with Gasteiger partial charge in [-0.25, -0.2) is 0 Å². The minimum atomic E-state index is 0.785. The fraction of sp³-hybridized carbons (Fsp3) is 0.600. The quantitative estimate of drug-likeness (QED) is 0.913. The lowest BCUT2D eigenvalue weighted by Gasteiger charge is -2.30. The average Bonchev–Trinajstić information content (AvgIpc) is 2.33. The number of anilines is 1. The Morgan fingerprint density at radius 3 is 2.61 bits per heavy atom. The topological polar surface area (TPSA) is 15.3 Å². The lowest BCUT2D eigenvalue weighted by atomic mass is 9.98. The van der Waals surface area contributed by atoms with E-state index in [1.54, 1.807) is 0 Å². The van der Waals surface area contributed by atoms with Gasteiger partial charge >= 0.3 is 0 Å². The third-order valence-electron chi connectivity index (χ3n) is 3.75. The van der Waals surface area contributed by atoms with Crippen molar-refractivity contribution in [1.29, 1.82) is 0 Å². The van der Waals surface area contributed by atoms with E-state index in [1.165, 1.54) is 47.2 Å². The Hall–Kier alpha value is -0.540. The predicted molar refractivity (Wildman–Crippen MR) is 82.3 cm³/mol. The molecule has 0 bridgehead atoms. The van der Waals surface area contributed by atoms with E-state index < -0.39 is 0 Å². The summed E-state index contributed by atoms with van der Waals surface area (Å²) in [5.41, 5.74) is 3.86. The molecule has 1 fully saturated rings. The number of aryl methyl sites for hydroxylation is 2. The SMILES string of the molecule is Cc1cc(NCC2CCCN(C)C2)cc(C)c1Br. The number of halogens is 1. The molecule has 1 aliphatic rings. The van der Waals surface area contributed by atoms with E-state index in [0.29, 0.717) is 0 Å². The normalized spacial score (nSPS) is 21.0. The van der Waals surface area contributed by atoms with E-state index in [4.69, 9.17) is 0 Å². The molecule has 0 spiro atoms. The van der Waals surface area contributed by atoms with Gasteiger partial charge in [0.25, 0.3) is 0 Å². The van der Waals surface area contributed by atoms with E-state index in [2.05, 4.69) is 59.2 Å². The van der Waals surface area contributed by atoms with Crippen LogP contribution >= 0.6 is 15.9 Å². The van der Waals surface area contributed by atoms with Crippen molar-refractivity contribution in [2.75, 3.05) is 32.0 Å². The van der Waals surface area contributed by atoms with Crippen LogP contribution in [-0.4, -0.2) is 31.6 Å². The number of rotatable bonds is 3. The molecule has 1 atom stereocenters. The van der Waals surface area contributed by atoms with Crippen molar-refractivity contribution in [3.05, 3.63) is 27.7 Å². The monoisotopic (exact) mass is 310 g/mol. The molecule has 1 aromatic rings. The highest BCUT2D eigenvalue weighted by atomic mass is 79.9. The van der Waals surface area contributed by atoms with Crippen LogP contribution in [0.25, 0.3) is 0 Å². The van der Waals surface area contributed by atoms with Gasteiger partial charge in [0.15, 0.2) is 0 Å². The number of piperidine rings is 1. The van der Waals surface area contributed by atoms with Gasteiger partial charge in [-0.2, -0.15) is 0 Å². The number of hydrogen-bond acceptors (Lipinski definition) is 2. The third kappa shape index (κ3) is 3.48. The molecule has 1 heterocycles. The largest absolute Gasteiger partial charge is 0.385 e. The molecule has 0 amide bonds. The zero-order chi connectivity index (χ0) is 13.1. The van der Waals surface area contributed by atoms with Gasteiger partial charge in [0.1, 0.15) is 0 Å². The fourth-order valence-electron chi connectivity index (χ4n) is 2.75. The van der Waals surface area contributed by atoms with Crippen LogP contribution in [0.4, 0.5) is 5.69 Å². The lowest BCUT2D eigenvalue weighted by Crippen LogP contribution is -2.35. The van der Waals surface area contributed by atoms with Crippen LogP contribution in [0.3, 0.4) is 0 Å². The summed E-state index contributed by atoms with van der Waals surface area (Å²) in [5, 5.41) is 3.60. The molecule has 0 aliphatic carbocycles. The van der Waals surface area contributed by atoms with Crippen molar-refractivity contribution in [2.24, 2.45) is 5.92 Å². The second kappa shape index (κ2) is 6.07. The van der Waals surface area contributed by atoms with Crippen molar-refractivity contribution in [3.8, 4) is 0 Å². The van der Waals surface area contributed by atoms with Crippen LogP contribution in [0.1, 0.15) is 24.0 Å². The summed E-state index contributed by atoms with van der Waals surface area (Å²) in [5.74, 6) is 0.785. The first kappa shape index (κ1) is 13.9. The van der Waals surface area contributed by atoms with Crippen molar-refractivity contribution in [1.82, 2.24) is 4.90 Å². The number of nitrogens with zero attached hydrogens (tertiary/aromatic N) is 1. The Morgan fingerprint density at radius 1 is 1.33 bits per heavy atom. The Balaban J connectivity index is 1.94. The van der Waals surface area contributed by atoms with Gasteiger partial charge in [0.05, 0.1) is 0 Å². The zero-order valence-electron chi connectivity index (χ0n) is 11.6. The highest BCUT2D eigenvalue weighted by Crippen LogP contribution is 2.25. The second-order valence-electron chi connectivity index (χ2n) is 5.58. The van der Waals surface area contributed by atoms with Crippen LogP contribution in [0.15, 0.2) is 16.6 Å². The summed E-state index contributed by atoms with van der Waals surface area (Å²) in [6.07, 6.45) is 2.69. The Bertz CT molecular complexity index is 394. The summed E-state index contributed by atoms with van der Waals surface area (Å²) in [7, 11) is 2.22. The maximum atomic E-state index is 3.61. The summed E-state index contributed by atoms with van der Waals surface area (Å²) in [6.45, 7) is 7.87. The number of likely N-dealkylation sites (tertiary alicyclic amines) is 1. The maximum absolute atomic E-state index is 3.61. The van der Waals surface area contributed by atoms with Crippen LogP contribution in [-0.2, 0) is 0 Å². The van der Waals surface area contributed by atoms with Gasteiger partial charge in [-0.1, -0.05) is 15.9 Å². The van der Waals surface area contributed by atoms with Gasteiger partial charge in [0.2, 0.25) is 0 Å². The summed E-state index contributed by atoms with van der Waals surface area (Å²) >= 11 is 3.61. The van der Waals surface area contributed by atoms with E-state index in [-0.39, 0.29) is 0 Å². The Kier molecular flexibility index (Phi) is 4.68. The highest BCUT2D eigenvalue weighted by molar-refractivity contribution is 9.10. The maximum Gasteiger partial charge on any atom is 0.0346 e. The molecule has 1 unspecified atom stereocenters. The molecule has 2 rings (SSSR count). The number of hydrogen-bond donors (Lipinski definition) is 1. The molecule has 3 heteroatoms. The molecular formula is C15H23BrN2. The van der Waals surface area contributed by atoms with Crippen LogP contribution in [0, 0.1) is 19.8 Å². The minimum Gasteiger partial charge on any atom is -0.385 e. The zero-order valence-corrected chi connectivity index (χ0v) is 13.2. The lowest BCUT2D eigenvalue weighted by molar-refractivity contribution is 0.217. The van der Waals surface area contributed by atoms with Crippen molar-refractivity contribution in [2.45, 2.75) is 26.7 Å². The smallest absolute Gasteiger partial charge is 0.0346 e. The van der Waals surface area contributed by atoms with E-state index in [9.17, 15) is 0 Å². The Morgan fingerprint density at radius 2 is 2.00 bits per heavy atom. The first-order valence-corrected chi connectivity index (χ1v) is 7.54. The van der Waals surface area contributed by atoms with Gasteiger partial charge < -0.3 is 10.2 Å². The van der Waals surface area contributed by atoms with Crippen LogP contribution < -0.4 is 5.32 Å². The fourth-order valence-corrected chi connectivity index (χ4v) is 2.98. The first-order chi connectivity index (χ1) is 8.56. The predicted octanol–water partition coefficient (Wildman–Crippen LogP) is 3.82. The standard InChI is InChI=1S/C15H23BrN2/c1-11-7-14(8-12(2)15(11)16)17-9-13-5-4-6-18(3)10-13/h7-8,13,17H,4-6,9-10H2,1-3H3. The molecular weight excluding hydrogens is 288 g/mol. The number of nitrogens with one attached hydrogen (secondary N) is 1. The molecule has 0 saturated carbocycles. The van der Waals surface area contributed by atoms with Gasteiger partial charge in [0, 0.05) is 23.2 Å². The molecule has 18 heavy (non-hydrogen) atoms. The Labute approximate surface area is 119 Å².